The standard InChI is InChI=1S/C35H36F2N6O4/c36-35(37)19-42(20-35)33(45)28-11-21(15-38)4-9-27(28)24-13-30(23-5-6-23)40-31(14-24)41-32(44)29-12-22(18-43(34(29)46)25-7-8-25)16-39-17-26-3-1-2-10-47-26/h4,9,11-14,18,23,25-26,39H,1-3,5-8,10,16-17,19-20H2,(H,40,41,44). The first-order valence-corrected chi connectivity index (χ1v) is 16.3. The van der Waals surface area contributed by atoms with Gasteiger partial charge >= 0.3 is 0 Å². The number of nitriles is 1. The van der Waals surface area contributed by atoms with Gasteiger partial charge in [0.25, 0.3) is 23.3 Å². The Morgan fingerprint density at radius 2 is 1.85 bits per heavy atom. The van der Waals surface area contributed by atoms with Crippen molar-refractivity contribution in [1.82, 2.24) is 19.8 Å². The fourth-order valence-electron chi connectivity index (χ4n) is 6.30. The number of likely N-dealkylation sites (tertiary alicyclic amines) is 1. The molecule has 2 saturated carbocycles. The summed E-state index contributed by atoms with van der Waals surface area (Å²) in [6, 6.07) is 11.7. The molecule has 0 radical (unpaired) electrons. The molecule has 2 amide bonds. The molecule has 7 rings (SSSR count). The topological polar surface area (TPSA) is 129 Å². The number of hydrogen-bond donors (Lipinski definition) is 2. The predicted molar refractivity (Wildman–Crippen MR) is 169 cm³/mol. The van der Waals surface area contributed by atoms with Crippen LogP contribution in [0.1, 0.15) is 94.4 Å². The molecule has 1 aromatic carbocycles. The van der Waals surface area contributed by atoms with E-state index in [-0.39, 0.29) is 46.1 Å². The van der Waals surface area contributed by atoms with Crippen LogP contribution in [-0.4, -0.2) is 64.5 Å². The third kappa shape index (κ3) is 6.96. The Balaban J connectivity index is 1.17. The van der Waals surface area contributed by atoms with Crippen LogP contribution in [0.3, 0.4) is 0 Å². The smallest absolute Gasteiger partial charge is 0.282 e. The molecule has 1 unspecified atom stereocenters. The van der Waals surface area contributed by atoms with Crippen LogP contribution in [0, 0.1) is 11.3 Å². The lowest BCUT2D eigenvalue weighted by Gasteiger charge is -2.39. The van der Waals surface area contributed by atoms with Crippen molar-refractivity contribution in [3.63, 3.8) is 0 Å². The molecule has 4 aliphatic rings. The van der Waals surface area contributed by atoms with Crippen molar-refractivity contribution in [2.75, 3.05) is 31.6 Å². The molecule has 4 heterocycles. The summed E-state index contributed by atoms with van der Waals surface area (Å²) in [4.78, 5) is 46.3. The van der Waals surface area contributed by atoms with E-state index >= 15 is 0 Å². The van der Waals surface area contributed by atoms with Gasteiger partial charge < -0.3 is 24.8 Å². The Kier molecular flexibility index (Phi) is 8.36. The van der Waals surface area contributed by atoms with E-state index in [1.807, 2.05) is 18.3 Å². The van der Waals surface area contributed by atoms with Crippen molar-refractivity contribution >= 4 is 17.6 Å². The van der Waals surface area contributed by atoms with Gasteiger partial charge in [0, 0.05) is 49.1 Å². The number of carbonyl (C=O) groups excluding carboxylic acids is 2. The second-order valence-corrected chi connectivity index (χ2v) is 13.1. The van der Waals surface area contributed by atoms with Crippen LogP contribution >= 0.6 is 0 Å². The molecule has 2 aliphatic heterocycles. The summed E-state index contributed by atoms with van der Waals surface area (Å²) >= 11 is 0. The molecule has 47 heavy (non-hydrogen) atoms. The third-order valence-corrected chi connectivity index (χ3v) is 9.16. The number of alkyl halides is 2. The highest BCUT2D eigenvalue weighted by Crippen LogP contribution is 2.42. The highest BCUT2D eigenvalue weighted by atomic mass is 19.3. The first kappa shape index (κ1) is 31.1. The number of nitrogens with one attached hydrogen (secondary N) is 2. The van der Waals surface area contributed by atoms with Gasteiger partial charge in [0.05, 0.1) is 30.8 Å². The molecule has 4 fully saturated rings. The number of carbonyl (C=O) groups is 2. The van der Waals surface area contributed by atoms with Gasteiger partial charge in [-0.25, -0.2) is 13.8 Å². The first-order valence-electron chi connectivity index (χ1n) is 16.3. The van der Waals surface area contributed by atoms with E-state index in [9.17, 15) is 28.4 Å². The summed E-state index contributed by atoms with van der Waals surface area (Å²) in [5.74, 6) is -3.74. The van der Waals surface area contributed by atoms with E-state index in [2.05, 4.69) is 15.6 Å². The second-order valence-electron chi connectivity index (χ2n) is 13.1. The number of nitrogens with zero attached hydrogens (tertiary/aromatic N) is 4. The molecule has 0 spiro atoms. The van der Waals surface area contributed by atoms with Gasteiger partial charge in [-0.15, -0.1) is 0 Å². The van der Waals surface area contributed by atoms with Gasteiger partial charge in [-0.2, -0.15) is 5.26 Å². The van der Waals surface area contributed by atoms with Gasteiger partial charge in [-0.05, 0) is 92.0 Å². The molecule has 2 saturated heterocycles. The average molecular weight is 643 g/mol. The molecule has 10 nitrogen and oxygen atoms in total. The lowest BCUT2D eigenvalue weighted by Crippen LogP contribution is -2.58. The first-order chi connectivity index (χ1) is 22.7. The van der Waals surface area contributed by atoms with Gasteiger partial charge in [0.2, 0.25) is 0 Å². The molecule has 2 N–H and O–H groups in total. The van der Waals surface area contributed by atoms with Crippen molar-refractivity contribution in [3.05, 3.63) is 80.9 Å². The number of rotatable bonds is 10. The van der Waals surface area contributed by atoms with Crippen molar-refractivity contribution in [1.29, 1.82) is 5.26 Å². The lowest BCUT2D eigenvalue weighted by atomic mass is 9.95. The highest BCUT2D eigenvalue weighted by molar-refractivity contribution is 6.05. The Morgan fingerprint density at radius 3 is 2.53 bits per heavy atom. The van der Waals surface area contributed by atoms with Crippen LogP contribution in [0.25, 0.3) is 11.1 Å². The number of ether oxygens (including phenoxy) is 1. The maximum Gasteiger partial charge on any atom is 0.282 e. The van der Waals surface area contributed by atoms with Crippen molar-refractivity contribution in [3.8, 4) is 17.2 Å². The normalized spacial score (nSPS) is 20.3. The van der Waals surface area contributed by atoms with Crippen LogP contribution < -0.4 is 16.2 Å². The SMILES string of the molecule is N#Cc1ccc(-c2cc(NC(=O)c3cc(CNCC4CCCCO4)cn(C4CC4)c3=O)nc(C3CC3)c2)c(C(=O)N2CC(F)(F)C2)c1. The van der Waals surface area contributed by atoms with Crippen molar-refractivity contribution in [2.45, 2.75) is 75.5 Å². The molecule has 2 aromatic heterocycles. The molecular weight excluding hydrogens is 606 g/mol. The average Bonchev–Trinajstić information content (AvgIpc) is 3.98. The summed E-state index contributed by atoms with van der Waals surface area (Å²) in [6.45, 7) is 0.555. The number of anilines is 1. The molecular formula is C35H36F2N6O4. The van der Waals surface area contributed by atoms with E-state index < -0.39 is 30.8 Å². The number of aromatic nitrogens is 2. The van der Waals surface area contributed by atoms with Gasteiger partial charge in [-0.3, -0.25) is 14.4 Å². The molecule has 2 aliphatic carbocycles. The predicted octanol–water partition coefficient (Wildman–Crippen LogP) is 5.00. The zero-order chi connectivity index (χ0) is 32.7. The maximum absolute atomic E-state index is 13.7. The number of pyridine rings is 2. The zero-order valence-corrected chi connectivity index (χ0v) is 25.9. The van der Waals surface area contributed by atoms with E-state index in [1.54, 1.807) is 28.8 Å². The number of benzene rings is 1. The molecule has 12 heteroatoms. The fraction of sp³-hybridized carbons (Fsp3) is 0.457. The van der Waals surface area contributed by atoms with E-state index in [1.165, 1.54) is 6.07 Å². The molecule has 1 atom stereocenters. The Hall–Kier alpha value is -4.47. The lowest BCUT2D eigenvalue weighted by molar-refractivity contribution is -0.113. The third-order valence-electron chi connectivity index (χ3n) is 9.16. The highest BCUT2D eigenvalue weighted by Gasteiger charge is 2.46. The Labute approximate surface area is 270 Å². The van der Waals surface area contributed by atoms with Crippen molar-refractivity contribution < 1.29 is 23.1 Å². The van der Waals surface area contributed by atoms with E-state index in [0.717, 1.165) is 62.0 Å². The number of halogens is 2. The monoisotopic (exact) mass is 642 g/mol. The minimum absolute atomic E-state index is 0.0123. The number of amides is 2. The van der Waals surface area contributed by atoms with Gasteiger partial charge in [-0.1, -0.05) is 6.07 Å². The number of hydrogen-bond acceptors (Lipinski definition) is 7. The van der Waals surface area contributed by atoms with Crippen LogP contribution in [0.15, 0.2) is 47.4 Å². The van der Waals surface area contributed by atoms with Gasteiger partial charge in [0.1, 0.15) is 11.4 Å². The van der Waals surface area contributed by atoms with Gasteiger partial charge in [0.15, 0.2) is 0 Å². The maximum atomic E-state index is 13.7. The van der Waals surface area contributed by atoms with Crippen molar-refractivity contribution in [2.24, 2.45) is 0 Å². The van der Waals surface area contributed by atoms with Crippen LogP contribution in [0.5, 0.6) is 0 Å². The van der Waals surface area contributed by atoms with Crippen LogP contribution in [-0.2, 0) is 11.3 Å². The Bertz CT molecular complexity index is 1810. The van der Waals surface area contributed by atoms with Crippen LogP contribution in [0.4, 0.5) is 14.6 Å². The van der Waals surface area contributed by atoms with E-state index in [4.69, 9.17) is 4.74 Å². The van der Waals surface area contributed by atoms with E-state index in [0.29, 0.717) is 29.9 Å². The summed E-state index contributed by atoms with van der Waals surface area (Å²) in [6.07, 6.45) is 8.79. The second kappa shape index (κ2) is 12.6. The summed E-state index contributed by atoms with van der Waals surface area (Å²) in [7, 11) is 0. The van der Waals surface area contributed by atoms with Crippen LogP contribution in [0.2, 0.25) is 0 Å². The zero-order valence-electron chi connectivity index (χ0n) is 25.9. The summed E-state index contributed by atoms with van der Waals surface area (Å²) < 4.78 is 34.7. The quantitative estimate of drug-likeness (QED) is 0.319. The summed E-state index contributed by atoms with van der Waals surface area (Å²) in [5.41, 5.74) is 2.51. The molecule has 244 valence electrons. The minimum Gasteiger partial charge on any atom is -0.377 e. The minimum atomic E-state index is -2.94. The summed E-state index contributed by atoms with van der Waals surface area (Å²) in [5, 5.41) is 15.7. The molecule has 0 bridgehead atoms. The Morgan fingerprint density at radius 1 is 1.04 bits per heavy atom. The fourth-order valence-corrected chi connectivity index (χ4v) is 6.30. The largest absolute Gasteiger partial charge is 0.377 e. The molecule has 3 aromatic rings.